The molecule has 9 heteroatoms. The number of nitrogens with one attached hydrogen (secondary N) is 1. The van der Waals surface area contributed by atoms with E-state index in [2.05, 4.69) is 20.5 Å². The van der Waals surface area contributed by atoms with Crippen LogP contribution in [0, 0.1) is 0 Å². The molecule has 2 bridgehead atoms. The maximum absolute atomic E-state index is 14.9. The summed E-state index contributed by atoms with van der Waals surface area (Å²) in [6, 6.07) is 4.89. The van der Waals surface area contributed by atoms with Crippen molar-refractivity contribution in [1.29, 1.82) is 0 Å². The monoisotopic (exact) mass is 424 g/mol. The predicted molar refractivity (Wildman–Crippen MR) is 116 cm³/mol. The van der Waals surface area contributed by atoms with Crippen molar-refractivity contribution in [3.8, 4) is 17.1 Å². The summed E-state index contributed by atoms with van der Waals surface area (Å²) in [5.41, 5.74) is 0.198. The van der Waals surface area contributed by atoms with Gasteiger partial charge in [0.15, 0.2) is 11.6 Å². The Kier molecular flexibility index (Phi) is 4.85. The van der Waals surface area contributed by atoms with Crippen molar-refractivity contribution in [1.82, 2.24) is 25.1 Å². The maximum atomic E-state index is 14.9. The van der Waals surface area contributed by atoms with Crippen LogP contribution in [0.3, 0.4) is 0 Å². The molecule has 0 spiro atoms. The minimum atomic E-state index is -0.976. The SMILES string of the molecule is CCn1ccc2cc(O)c(-c3ncc(N(C)[C@@H]4C[C@H]5CCC(N5)[C@@H]4F)nn3)cc2c1=O. The van der Waals surface area contributed by atoms with Gasteiger partial charge in [0, 0.05) is 37.3 Å². The van der Waals surface area contributed by atoms with Gasteiger partial charge in [-0.3, -0.25) is 4.79 Å². The first-order valence-electron chi connectivity index (χ1n) is 10.7. The first-order valence-corrected chi connectivity index (χ1v) is 10.7. The number of phenols is 1. The molecule has 2 aliphatic heterocycles. The summed E-state index contributed by atoms with van der Waals surface area (Å²) in [4.78, 5) is 18.8. The number of aromatic nitrogens is 4. The van der Waals surface area contributed by atoms with Gasteiger partial charge in [0.2, 0.25) is 0 Å². The number of benzene rings is 1. The summed E-state index contributed by atoms with van der Waals surface area (Å²) in [6.07, 6.45) is 4.84. The molecular weight excluding hydrogens is 399 g/mol. The fourth-order valence-corrected chi connectivity index (χ4v) is 4.82. The molecule has 4 atom stereocenters. The molecule has 3 aromatic rings. The second-order valence-corrected chi connectivity index (χ2v) is 8.41. The minimum absolute atomic E-state index is 0.0252. The second-order valence-electron chi connectivity index (χ2n) is 8.41. The fraction of sp³-hybridized carbons (Fsp3) is 0.455. The molecule has 1 unspecified atom stereocenters. The van der Waals surface area contributed by atoms with Gasteiger partial charge < -0.3 is 19.9 Å². The third-order valence-electron chi connectivity index (χ3n) is 6.64. The van der Waals surface area contributed by atoms with E-state index in [9.17, 15) is 14.3 Å². The van der Waals surface area contributed by atoms with E-state index in [1.165, 1.54) is 12.3 Å². The van der Waals surface area contributed by atoms with E-state index in [4.69, 9.17) is 0 Å². The molecule has 0 amide bonds. The molecule has 162 valence electrons. The van der Waals surface area contributed by atoms with Crippen LogP contribution in [0.2, 0.25) is 0 Å². The molecule has 31 heavy (non-hydrogen) atoms. The van der Waals surface area contributed by atoms with Crippen LogP contribution in [-0.2, 0) is 6.54 Å². The number of halogens is 1. The number of aromatic hydroxyl groups is 1. The van der Waals surface area contributed by atoms with Crippen molar-refractivity contribution in [3.63, 3.8) is 0 Å². The number of nitrogens with zero attached hydrogens (tertiary/aromatic N) is 5. The Labute approximate surface area is 178 Å². The van der Waals surface area contributed by atoms with E-state index in [-0.39, 0.29) is 29.2 Å². The lowest BCUT2D eigenvalue weighted by molar-refractivity contribution is 0.176. The van der Waals surface area contributed by atoms with Gasteiger partial charge >= 0.3 is 0 Å². The van der Waals surface area contributed by atoms with Gasteiger partial charge in [-0.15, -0.1) is 10.2 Å². The third-order valence-corrected chi connectivity index (χ3v) is 6.64. The highest BCUT2D eigenvalue weighted by atomic mass is 19.1. The van der Waals surface area contributed by atoms with E-state index in [1.807, 2.05) is 14.0 Å². The topological polar surface area (TPSA) is 96.2 Å². The highest BCUT2D eigenvalue weighted by Crippen LogP contribution is 2.34. The highest BCUT2D eigenvalue weighted by molar-refractivity contribution is 5.88. The Morgan fingerprint density at radius 2 is 2.16 bits per heavy atom. The van der Waals surface area contributed by atoms with Crippen LogP contribution in [0.15, 0.2) is 35.4 Å². The van der Waals surface area contributed by atoms with E-state index in [1.54, 1.807) is 27.8 Å². The summed E-state index contributed by atoms with van der Waals surface area (Å²) < 4.78 is 16.5. The lowest BCUT2D eigenvalue weighted by Gasteiger charge is -2.38. The van der Waals surface area contributed by atoms with Gasteiger partial charge in [0.05, 0.1) is 17.8 Å². The first-order chi connectivity index (χ1) is 15.0. The van der Waals surface area contributed by atoms with Gasteiger partial charge in [-0.2, -0.15) is 0 Å². The van der Waals surface area contributed by atoms with Gasteiger partial charge in [-0.1, -0.05) is 0 Å². The van der Waals surface area contributed by atoms with Crippen LogP contribution in [0.4, 0.5) is 10.2 Å². The van der Waals surface area contributed by atoms with Crippen molar-refractivity contribution < 1.29 is 9.50 Å². The molecular formula is C22H25FN6O2. The molecule has 2 aromatic heterocycles. The normalized spacial score (nSPS) is 25.1. The quantitative estimate of drug-likeness (QED) is 0.663. The zero-order chi connectivity index (χ0) is 21.7. The average Bonchev–Trinajstić information content (AvgIpc) is 3.19. The molecule has 4 heterocycles. The zero-order valence-electron chi connectivity index (χ0n) is 17.5. The second kappa shape index (κ2) is 7.56. The Hall–Kier alpha value is -3.07. The van der Waals surface area contributed by atoms with Crippen LogP contribution in [0.1, 0.15) is 26.2 Å². The third kappa shape index (κ3) is 3.33. The lowest BCUT2D eigenvalue weighted by Crippen LogP contribution is -2.55. The summed E-state index contributed by atoms with van der Waals surface area (Å²) in [6.45, 7) is 2.45. The predicted octanol–water partition coefficient (Wildman–Crippen LogP) is 2.25. The van der Waals surface area contributed by atoms with Gasteiger partial charge in [0.25, 0.3) is 5.56 Å². The van der Waals surface area contributed by atoms with Crippen LogP contribution in [0.25, 0.3) is 22.2 Å². The molecule has 8 nitrogen and oxygen atoms in total. The van der Waals surface area contributed by atoms with E-state index < -0.39 is 6.17 Å². The summed E-state index contributed by atoms with van der Waals surface area (Å²) >= 11 is 0. The maximum Gasteiger partial charge on any atom is 0.258 e. The zero-order valence-corrected chi connectivity index (χ0v) is 17.5. The number of piperidine rings is 1. The molecule has 2 fully saturated rings. The fourth-order valence-electron chi connectivity index (χ4n) is 4.82. The number of hydrogen-bond donors (Lipinski definition) is 2. The van der Waals surface area contributed by atoms with Crippen molar-refractivity contribution in [2.24, 2.45) is 0 Å². The van der Waals surface area contributed by atoms with Gasteiger partial charge in [-0.25, -0.2) is 9.37 Å². The molecule has 5 rings (SSSR count). The molecule has 0 aliphatic carbocycles. The number of anilines is 1. The Morgan fingerprint density at radius 3 is 2.90 bits per heavy atom. The van der Waals surface area contributed by atoms with Crippen molar-refractivity contribution in [3.05, 3.63) is 40.9 Å². The number of pyridine rings is 1. The summed E-state index contributed by atoms with van der Waals surface area (Å²) in [5, 5.41) is 23.4. The van der Waals surface area contributed by atoms with Crippen LogP contribution >= 0.6 is 0 Å². The Bertz CT molecular complexity index is 1180. The molecule has 2 saturated heterocycles. The van der Waals surface area contributed by atoms with E-state index in [0.29, 0.717) is 41.2 Å². The number of phenolic OH excluding ortho intramolecular Hbond substituents is 1. The number of rotatable bonds is 4. The number of alkyl halides is 1. The first kappa shape index (κ1) is 19.9. The summed E-state index contributed by atoms with van der Waals surface area (Å²) in [5.74, 6) is 0.666. The van der Waals surface area contributed by atoms with Crippen LogP contribution in [-0.4, -0.2) is 56.2 Å². The number of aryl methyl sites for hydroxylation is 1. The van der Waals surface area contributed by atoms with Gasteiger partial charge in [-0.05, 0) is 49.8 Å². The molecule has 1 aromatic carbocycles. The molecule has 0 saturated carbocycles. The van der Waals surface area contributed by atoms with E-state index >= 15 is 0 Å². The average molecular weight is 424 g/mol. The van der Waals surface area contributed by atoms with Crippen LogP contribution < -0.4 is 15.8 Å². The standard InChI is InChI=1S/C22H25FN6O2/c1-3-29-7-6-12-8-18(30)15(10-14(12)22(29)31)21-24-11-19(26-27-21)28(2)17-9-13-4-5-16(25-13)20(17)23/h6-8,10-11,13,16-17,20,25,30H,3-5,9H2,1-2H3/t13-,16?,17-,20+/m1/s1. The minimum Gasteiger partial charge on any atom is -0.507 e. The smallest absolute Gasteiger partial charge is 0.258 e. The van der Waals surface area contributed by atoms with Crippen molar-refractivity contribution in [2.75, 3.05) is 11.9 Å². The molecule has 2 N–H and O–H groups in total. The van der Waals surface area contributed by atoms with Crippen LogP contribution in [0.5, 0.6) is 5.75 Å². The molecule has 0 radical (unpaired) electrons. The highest BCUT2D eigenvalue weighted by Gasteiger charge is 2.43. The van der Waals surface area contributed by atoms with E-state index in [0.717, 1.165) is 12.8 Å². The summed E-state index contributed by atoms with van der Waals surface area (Å²) in [7, 11) is 1.81. The van der Waals surface area contributed by atoms with Gasteiger partial charge in [0.1, 0.15) is 11.9 Å². The Morgan fingerprint density at radius 1 is 1.32 bits per heavy atom. The van der Waals surface area contributed by atoms with Crippen molar-refractivity contribution in [2.45, 2.75) is 57.0 Å². The number of fused-ring (bicyclic) bond motifs is 3. The largest absolute Gasteiger partial charge is 0.507 e. The molecule has 2 aliphatic rings. The number of hydrogen-bond acceptors (Lipinski definition) is 7. The lowest BCUT2D eigenvalue weighted by atomic mass is 9.96. The van der Waals surface area contributed by atoms with Crippen molar-refractivity contribution >= 4 is 16.6 Å². The Balaban J connectivity index is 1.46.